The first-order chi connectivity index (χ1) is 26.2. The smallest absolute Gasteiger partial charge is 0.408 e. The summed E-state index contributed by atoms with van der Waals surface area (Å²) in [6, 6.07) is 31.6. The van der Waals surface area contributed by atoms with Crippen LogP contribution in [-0.4, -0.2) is 66.0 Å². The first-order valence-corrected chi connectivity index (χ1v) is 18.6. The second kappa shape index (κ2) is 16.7. The number of rotatable bonds is 12. The van der Waals surface area contributed by atoms with Crippen LogP contribution in [-0.2, 0) is 50.6 Å². The van der Waals surface area contributed by atoms with Crippen LogP contribution in [0.2, 0.25) is 0 Å². The van der Waals surface area contributed by atoms with Crippen LogP contribution < -0.4 is 5.32 Å². The van der Waals surface area contributed by atoms with Gasteiger partial charge in [0.1, 0.15) is 12.6 Å². The van der Waals surface area contributed by atoms with Crippen molar-refractivity contribution in [2.24, 2.45) is 13.0 Å². The van der Waals surface area contributed by atoms with E-state index in [-0.39, 0.29) is 50.2 Å². The van der Waals surface area contributed by atoms with Crippen molar-refractivity contribution in [2.75, 3.05) is 5.75 Å². The van der Waals surface area contributed by atoms with Crippen LogP contribution in [0.1, 0.15) is 53.6 Å². The van der Waals surface area contributed by atoms with E-state index in [1.165, 1.54) is 16.7 Å². The highest BCUT2D eigenvalue weighted by atomic mass is 32.2. The minimum absolute atomic E-state index is 0.00539. The van der Waals surface area contributed by atoms with E-state index >= 15 is 0 Å². The molecule has 3 amide bonds. The summed E-state index contributed by atoms with van der Waals surface area (Å²) in [6.07, 6.45) is -1.97. The van der Waals surface area contributed by atoms with Gasteiger partial charge in [0, 0.05) is 24.3 Å². The van der Waals surface area contributed by atoms with Gasteiger partial charge >= 0.3 is 6.09 Å². The number of nitrogens with zero attached hydrogens (tertiary/aromatic N) is 5. The number of nitrogens with one attached hydrogen (secondary N) is 1. The van der Waals surface area contributed by atoms with Crippen molar-refractivity contribution in [2.45, 2.75) is 62.8 Å². The predicted octanol–water partition coefficient (Wildman–Crippen LogP) is 5.51. The van der Waals surface area contributed by atoms with Crippen LogP contribution in [0.5, 0.6) is 0 Å². The number of carbonyl (C=O) groups is 3. The zero-order chi connectivity index (χ0) is 37.6. The van der Waals surface area contributed by atoms with Crippen molar-refractivity contribution >= 4 is 29.7 Å². The molecule has 0 aliphatic carbocycles. The van der Waals surface area contributed by atoms with Crippen LogP contribution in [0.4, 0.5) is 4.79 Å². The summed E-state index contributed by atoms with van der Waals surface area (Å²) in [4.78, 5) is 39.6. The van der Waals surface area contributed by atoms with Gasteiger partial charge in [-0.25, -0.2) is 9.48 Å². The second-order valence-electron chi connectivity index (χ2n) is 13.3. The zero-order valence-corrected chi connectivity index (χ0v) is 30.6. The molecule has 5 atom stereocenters. The lowest BCUT2D eigenvalue weighted by Gasteiger charge is -2.41. The molecule has 0 bridgehead atoms. The Kier molecular flexibility index (Phi) is 11.4. The number of thioether (sulfide) groups is 1. The fourth-order valence-electron chi connectivity index (χ4n) is 6.54. The van der Waals surface area contributed by atoms with Crippen molar-refractivity contribution in [1.29, 1.82) is 0 Å². The Morgan fingerprint density at radius 2 is 1.65 bits per heavy atom. The number of tetrazole rings is 1. The van der Waals surface area contributed by atoms with Crippen LogP contribution in [0, 0.1) is 5.92 Å². The second-order valence-corrected chi connectivity index (χ2v) is 14.3. The van der Waals surface area contributed by atoms with Crippen LogP contribution in [0.15, 0.2) is 108 Å². The number of imide groups is 1. The Balaban J connectivity index is 1.01. The van der Waals surface area contributed by atoms with Gasteiger partial charge in [-0.2, -0.15) is 0 Å². The molecule has 0 radical (unpaired) electrons. The number of aliphatic hydroxyl groups excluding tert-OH is 1. The molecule has 1 aromatic heterocycles. The number of aryl methyl sites for hydroxylation is 1. The molecule has 3 heterocycles. The Labute approximate surface area is 316 Å². The fraction of sp³-hybridized carbons (Fsp3) is 0.300. The highest BCUT2D eigenvalue weighted by Crippen LogP contribution is 2.43. The molecule has 5 unspecified atom stereocenters. The Bertz CT molecular complexity index is 2080. The number of aliphatic hydroxyl groups is 1. The SMILES string of the molecule is CC1C(CSc2nnnn2C)OC(c2ccc(-c3cccc(CN4C(=O)CC(NC(=O)OCc5ccccc5)C4=O)c3)cc2)OC1c1ccc(CO)cc1. The number of carbonyl (C=O) groups excluding carboxylic acids is 3. The standard InChI is InChI=1S/C40H40N6O7S/c1-25-34(24-54-39-42-43-44-45(39)2)52-38(53-36(25)30-13-11-26(22-47)12-14-30)31-17-15-29(16-18-31)32-10-6-9-28(19-32)21-46-35(48)20-33(37(46)49)41-40(50)51-23-27-7-4-3-5-8-27/h3-19,25,33-34,36,38,47H,20-24H2,1-2H3,(H,41,50). The van der Waals surface area contributed by atoms with Gasteiger partial charge in [0.2, 0.25) is 11.1 Å². The van der Waals surface area contributed by atoms with Crippen LogP contribution in [0.25, 0.3) is 11.1 Å². The molecular formula is C40H40N6O7S. The van der Waals surface area contributed by atoms with E-state index in [0.29, 0.717) is 10.9 Å². The van der Waals surface area contributed by atoms with Crippen molar-refractivity contribution < 1.29 is 33.7 Å². The molecule has 4 aromatic carbocycles. The van der Waals surface area contributed by atoms with E-state index in [2.05, 4.69) is 27.8 Å². The van der Waals surface area contributed by atoms with Gasteiger partial charge in [-0.05, 0) is 49.9 Å². The summed E-state index contributed by atoms with van der Waals surface area (Å²) in [5, 5.41) is 24.6. The molecule has 14 heteroatoms. The number of benzene rings is 4. The number of hydrogen-bond donors (Lipinski definition) is 2. The molecule has 2 fully saturated rings. The first-order valence-electron chi connectivity index (χ1n) is 17.6. The minimum atomic E-state index is -0.981. The van der Waals surface area contributed by atoms with Crippen molar-refractivity contribution in [1.82, 2.24) is 30.4 Å². The molecular weight excluding hydrogens is 709 g/mol. The van der Waals surface area contributed by atoms with Gasteiger partial charge in [-0.15, -0.1) is 5.10 Å². The largest absolute Gasteiger partial charge is 0.445 e. The first kappa shape index (κ1) is 36.9. The van der Waals surface area contributed by atoms with Crippen molar-refractivity contribution in [3.05, 3.63) is 131 Å². The average molecular weight is 749 g/mol. The molecule has 2 aliphatic rings. The summed E-state index contributed by atoms with van der Waals surface area (Å²) in [7, 11) is 1.80. The lowest BCUT2D eigenvalue weighted by atomic mass is 9.91. The van der Waals surface area contributed by atoms with Gasteiger partial charge in [-0.1, -0.05) is 116 Å². The third kappa shape index (κ3) is 8.52. The maximum atomic E-state index is 13.2. The van der Waals surface area contributed by atoms with E-state index in [1.54, 1.807) is 11.7 Å². The van der Waals surface area contributed by atoms with Gasteiger partial charge in [-0.3, -0.25) is 14.5 Å². The number of aromatic nitrogens is 4. The molecule has 0 saturated carbocycles. The Morgan fingerprint density at radius 1 is 0.907 bits per heavy atom. The van der Waals surface area contributed by atoms with Crippen LogP contribution >= 0.6 is 11.8 Å². The molecule has 2 saturated heterocycles. The highest BCUT2D eigenvalue weighted by molar-refractivity contribution is 7.99. The quantitative estimate of drug-likeness (QED) is 0.123. The third-order valence-electron chi connectivity index (χ3n) is 9.61. The average Bonchev–Trinajstić information content (AvgIpc) is 3.73. The predicted molar refractivity (Wildman–Crippen MR) is 198 cm³/mol. The molecule has 0 spiro atoms. The van der Waals surface area contributed by atoms with E-state index in [9.17, 15) is 19.5 Å². The van der Waals surface area contributed by atoms with E-state index in [1.807, 2.05) is 103 Å². The monoisotopic (exact) mass is 748 g/mol. The summed E-state index contributed by atoms with van der Waals surface area (Å²) in [5.74, 6) is -0.216. The van der Waals surface area contributed by atoms with E-state index < -0.39 is 24.3 Å². The fourth-order valence-corrected chi connectivity index (χ4v) is 7.56. The molecule has 278 valence electrons. The zero-order valence-electron chi connectivity index (χ0n) is 29.8. The van der Waals surface area contributed by atoms with Gasteiger partial charge in [0.05, 0.1) is 31.8 Å². The van der Waals surface area contributed by atoms with Gasteiger partial charge in [0.25, 0.3) is 5.91 Å². The molecule has 13 nitrogen and oxygen atoms in total. The molecule has 54 heavy (non-hydrogen) atoms. The van der Waals surface area contributed by atoms with E-state index in [0.717, 1.165) is 38.9 Å². The summed E-state index contributed by atoms with van der Waals surface area (Å²) < 4.78 is 20.1. The lowest BCUT2D eigenvalue weighted by Crippen LogP contribution is -2.41. The normalized spacial score (nSPS) is 21.3. The molecule has 7 rings (SSSR count). The maximum Gasteiger partial charge on any atom is 0.408 e. The number of likely N-dealkylation sites (tertiary alicyclic amines) is 1. The summed E-state index contributed by atoms with van der Waals surface area (Å²) in [5.41, 5.74) is 6.10. The van der Waals surface area contributed by atoms with Gasteiger partial charge < -0.3 is 24.6 Å². The van der Waals surface area contributed by atoms with Crippen molar-refractivity contribution in [3.63, 3.8) is 0 Å². The van der Waals surface area contributed by atoms with Crippen LogP contribution in [0.3, 0.4) is 0 Å². The molecule has 2 aliphatic heterocycles. The Hall–Kier alpha value is -5.41. The number of alkyl carbamates (subject to hydrolysis) is 1. The summed E-state index contributed by atoms with van der Waals surface area (Å²) in [6.45, 7) is 2.21. The lowest BCUT2D eigenvalue weighted by molar-refractivity contribution is -0.268. The molecule has 2 N–H and O–H groups in total. The third-order valence-corrected chi connectivity index (χ3v) is 10.7. The van der Waals surface area contributed by atoms with E-state index in [4.69, 9.17) is 14.2 Å². The number of hydrogen-bond acceptors (Lipinski definition) is 11. The molecule has 5 aromatic rings. The number of amides is 3. The van der Waals surface area contributed by atoms with Crippen molar-refractivity contribution in [3.8, 4) is 11.1 Å². The summed E-state index contributed by atoms with van der Waals surface area (Å²) >= 11 is 1.52. The number of ether oxygens (including phenoxy) is 3. The Morgan fingerprint density at radius 3 is 2.37 bits per heavy atom. The topological polar surface area (TPSA) is 158 Å². The van der Waals surface area contributed by atoms with Gasteiger partial charge in [0.15, 0.2) is 6.29 Å². The highest BCUT2D eigenvalue weighted by Gasteiger charge is 2.40. The maximum absolute atomic E-state index is 13.2. The minimum Gasteiger partial charge on any atom is -0.445 e.